The van der Waals surface area contributed by atoms with E-state index in [1.807, 2.05) is 45.1 Å². The predicted molar refractivity (Wildman–Crippen MR) is 138 cm³/mol. The molecule has 1 aliphatic heterocycles. The van der Waals surface area contributed by atoms with Crippen molar-refractivity contribution in [3.8, 4) is 0 Å². The highest BCUT2D eigenvalue weighted by Gasteiger charge is 2.19. The molecule has 0 aromatic rings. The number of nitrogens with one attached hydrogen (secondary N) is 2. The van der Waals surface area contributed by atoms with Gasteiger partial charge in [-0.1, -0.05) is 51.6 Å². The van der Waals surface area contributed by atoms with Gasteiger partial charge in [-0.2, -0.15) is 0 Å². The van der Waals surface area contributed by atoms with E-state index in [1.54, 1.807) is 13.2 Å². The summed E-state index contributed by atoms with van der Waals surface area (Å²) in [6.45, 7) is 29.6. The Morgan fingerprint density at radius 1 is 1.12 bits per heavy atom. The topological polar surface area (TPSA) is 39.8 Å². The van der Waals surface area contributed by atoms with Crippen molar-refractivity contribution in [3.05, 3.63) is 109 Å². The summed E-state index contributed by atoms with van der Waals surface area (Å²) in [5.74, 6) is 1.02. The molecule has 1 rings (SSSR count). The third-order valence-corrected chi connectivity index (χ3v) is 5.25. The molecule has 174 valence electrons. The number of hydrogen-bond donors (Lipinski definition) is 2. The van der Waals surface area contributed by atoms with E-state index in [-0.39, 0.29) is 0 Å². The molecule has 5 heteroatoms. The maximum Gasteiger partial charge on any atom is 0.135 e. The summed E-state index contributed by atoms with van der Waals surface area (Å²) < 4.78 is 5.43. The first-order valence-electron chi connectivity index (χ1n) is 10.8. The van der Waals surface area contributed by atoms with Crippen LogP contribution < -0.4 is 10.6 Å². The van der Waals surface area contributed by atoms with Gasteiger partial charge < -0.3 is 25.2 Å². The molecule has 0 aromatic carbocycles. The molecule has 0 unspecified atom stereocenters. The SMILES string of the molecule is C=C/C(=C\N(C)C)C(=C)/C(C)=C(/NC(=C)NC(=C)/C(=C/C)N1CCCCC1=C)C(=C)OC. The molecule has 5 nitrogen and oxygen atoms in total. The van der Waals surface area contributed by atoms with Crippen LogP contribution in [-0.2, 0) is 4.74 Å². The van der Waals surface area contributed by atoms with E-state index in [4.69, 9.17) is 4.74 Å². The van der Waals surface area contributed by atoms with Crippen LogP contribution >= 0.6 is 0 Å². The van der Waals surface area contributed by atoms with Gasteiger partial charge in [-0.3, -0.25) is 0 Å². The molecule has 0 amide bonds. The molecule has 0 radical (unpaired) electrons. The minimum Gasteiger partial charge on any atom is -0.495 e. The molecular weight excluding hydrogens is 396 g/mol. The standard InChI is InChI=1S/C27H40N4O/c1-12-25(18-30(9)10)20(4)21(5)27(23(7)32-11)29-24(8)28-22(6)26(13-2)31-17-15-14-16-19(31)3/h12-13,18,28-29H,1,3-4,6-8,14-17H2,2,5,9-11H3/b25-18+,26-13-,27-21+. The number of allylic oxidation sites excluding steroid dienone is 6. The van der Waals surface area contributed by atoms with Gasteiger partial charge in [-0.25, -0.2) is 0 Å². The summed E-state index contributed by atoms with van der Waals surface area (Å²) in [5.41, 5.74) is 6.10. The van der Waals surface area contributed by atoms with Gasteiger partial charge in [0.05, 0.1) is 24.2 Å². The number of nitrogens with zero attached hydrogens (tertiary/aromatic N) is 2. The van der Waals surface area contributed by atoms with Crippen LogP contribution in [0, 0.1) is 0 Å². The Morgan fingerprint density at radius 3 is 2.28 bits per heavy atom. The van der Waals surface area contributed by atoms with Gasteiger partial charge in [0, 0.05) is 32.5 Å². The Morgan fingerprint density at radius 2 is 1.78 bits per heavy atom. The van der Waals surface area contributed by atoms with Crippen LogP contribution in [0.4, 0.5) is 0 Å². The quantitative estimate of drug-likeness (QED) is 0.304. The fraction of sp³-hybridized carbons (Fsp3) is 0.333. The molecule has 0 spiro atoms. The molecule has 1 aliphatic rings. The molecule has 0 saturated carbocycles. The normalized spacial score (nSPS) is 15.4. The first-order valence-corrected chi connectivity index (χ1v) is 10.8. The summed E-state index contributed by atoms with van der Waals surface area (Å²) in [4.78, 5) is 4.16. The Labute approximate surface area is 195 Å². The second kappa shape index (κ2) is 12.5. The summed E-state index contributed by atoms with van der Waals surface area (Å²) in [7, 11) is 5.49. The number of rotatable bonds is 12. The monoisotopic (exact) mass is 436 g/mol. The van der Waals surface area contributed by atoms with E-state index in [0.717, 1.165) is 53.2 Å². The Kier molecular flexibility index (Phi) is 10.4. The van der Waals surface area contributed by atoms with Crippen molar-refractivity contribution in [2.45, 2.75) is 33.1 Å². The minimum absolute atomic E-state index is 0.473. The maximum absolute atomic E-state index is 5.43. The van der Waals surface area contributed by atoms with Crippen LogP contribution in [0.2, 0.25) is 0 Å². The lowest BCUT2D eigenvalue weighted by Gasteiger charge is -2.34. The van der Waals surface area contributed by atoms with Crippen molar-refractivity contribution in [2.24, 2.45) is 0 Å². The predicted octanol–water partition coefficient (Wildman–Crippen LogP) is 5.68. The van der Waals surface area contributed by atoms with Gasteiger partial charge in [0.25, 0.3) is 0 Å². The smallest absolute Gasteiger partial charge is 0.135 e. The van der Waals surface area contributed by atoms with Crippen molar-refractivity contribution in [3.63, 3.8) is 0 Å². The van der Waals surface area contributed by atoms with Crippen LogP contribution in [0.1, 0.15) is 33.1 Å². The van der Waals surface area contributed by atoms with Crippen LogP contribution in [0.25, 0.3) is 0 Å². The molecule has 1 heterocycles. The van der Waals surface area contributed by atoms with Crippen LogP contribution in [0.15, 0.2) is 109 Å². The number of methoxy groups -OCH3 is 1. The highest BCUT2D eigenvalue weighted by molar-refractivity contribution is 5.53. The lowest BCUT2D eigenvalue weighted by atomic mass is 9.99. The fourth-order valence-corrected chi connectivity index (χ4v) is 3.48. The lowest BCUT2D eigenvalue weighted by molar-refractivity contribution is 0.298. The van der Waals surface area contributed by atoms with Crippen molar-refractivity contribution in [1.29, 1.82) is 0 Å². The van der Waals surface area contributed by atoms with Gasteiger partial charge in [-0.05, 0) is 49.8 Å². The summed E-state index contributed by atoms with van der Waals surface area (Å²) in [6.07, 6.45) is 9.09. The molecule has 32 heavy (non-hydrogen) atoms. The molecular formula is C27H40N4O. The third kappa shape index (κ3) is 7.12. The zero-order valence-corrected chi connectivity index (χ0v) is 20.6. The molecule has 0 atom stereocenters. The van der Waals surface area contributed by atoms with Crippen molar-refractivity contribution in [1.82, 2.24) is 20.4 Å². The molecule has 1 saturated heterocycles. The first kappa shape index (κ1) is 26.7. The lowest BCUT2D eigenvalue weighted by Crippen LogP contribution is -2.33. The highest BCUT2D eigenvalue weighted by atomic mass is 16.5. The summed E-state index contributed by atoms with van der Waals surface area (Å²) >= 11 is 0. The number of piperidine rings is 1. The molecule has 1 fully saturated rings. The van der Waals surface area contributed by atoms with Crippen LogP contribution in [0.5, 0.6) is 0 Å². The Hall–Kier alpha value is -3.34. The van der Waals surface area contributed by atoms with E-state index in [2.05, 4.69) is 55.0 Å². The van der Waals surface area contributed by atoms with E-state index in [0.29, 0.717) is 17.3 Å². The van der Waals surface area contributed by atoms with Gasteiger partial charge in [-0.15, -0.1) is 0 Å². The number of ether oxygens (including phenoxy) is 1. The maximum atomic E-state index is 5.43. The second-order valence-electron chi connectivity index (χ2n) is 7.91. The average Bonchev–Trinajstić information content (AvgIpc) is 2.75. The van der Waals surface area contributed by atoms with E-state index >= 15 is 0 Å². The zero-order chi connectivity index (χ0) is 24.4. The van der Waals surface area contributed by atoms with Gasteiger partial charge in [0.2, 0.25) is 0 Å². The van der Waals surface area contributed by atoms with Crippen molar-refractivity contribution in [2.75, 3.05) is 27.7 Å². The summed E-state index contributed by atoms with van der Waals surface area (Å²) in [6, 6.07) is 0. The summed E-state index contributed by atoms with van der Waals surface area (Å²) in [5, 5.41) is 6.56. The van der Waals surface area contributed by atoms with E-state index in [9.17, 15) is 0 Å². The fourth-order valence-electron chi connectivity index (χ4n) is 3.48. The van der Waals surface area contributed by atoms with Gasteiger partial charge in [0.1, 0.15) is 11.6 Å². The molecule has 0 aromatic heterocycles. The largest absolute Gasteiger partial charge is 0.495 e. The zero-order valence-electron chi connectivity index (χ0n) is 20.6. The van der Waals surface area contributed by atoms with Crippen molar-refractivity contribution >= 4 is 0 Å². The average molecular weight is 437 g/mol. The van der Waals surface area contributed by atoms with Crippen LogP contribution in [0.3, 0.4) is 0 Å². The molecule has 2 N–H and O–H groups in total. The highest BCUT2D eigenvalue weighted by Crippen LogP contribution is 2.27. The third-order valence-electron chi connectivity index (χ3n) is 5.25. The molecule has 0 aliphatic carbocycles. The van der Waals surface area contributed by atoms with Crippen molar-refractivity contribution < 1.29 is 4.74 Å². The van der Waals surface area contributed by atoms with E-state index in [1.165, 1.54) is 6.42 Å². The minimum atomic E-state index is 0.473. The van der Waals surface area contributed by atoms with E-state index < -0.39 is 0 Å². The molecule has 0 bridgehead atoms. The second-order valence-corrected chi connectivity index (χ2v) is 7.91. The Bertz CT molecular complexity index is 883. The van der Waals surface area contributed by atoms with Gasteiger partial charge in [0.15, 0.2) is 0 Å². The number of hydrogen-bond acceptors (Lipinski definition) is 5. The number of likely N-dealkylation sites (tertiary alicyclic amines) is 1. The van der Waals surface area contributed by atoms with Gasteiger partial charge >= 0.3 is 0 Å². The first-order chi connectivity index (χ1) is 15.1. The van der Waals surface area contributed by atoms with Crippen LogP contribution in [-0.4, -0.2) is 37.5 Å². The Balaban J connectivity index is 3.10.